The van der Waals surface area contributed by atoms with Crippen molar-refractivity contribution in [1.82, 2.24) is 5.32 Å². The molecule has 0 saturated carbocycles. The zero-order chi connectivity index (χ0) is 27.3. The fourth-order valence-corrected chi connectivity index (χ4v) is 6.21. The van der Waals surface area contributed by atoms with Crippen molar-refractivity contribution < 1.29 is 25.2 Å². The number of aryl methyl sites for hydroxylation is 1. The Morgan fingerprint density at radius 2 is 1.28 bits per heavy atom. The second-order valence-electron chi connectivity index (χ2n) is 9.08. The van der Waals surface area contributed by atoms with Gasteiger partial charge in [-0.2, -0.15) is 16.8 Å². The van der Waals surface area contributed by atoms with Crippen LogP contribution >= 0.6 is 12.2 Å². The molecule has 8 nitrogen and oxygen atoms in total. The SMILES string of the molecule is Cc1ccc(/C=C/c2ccc(NC(=S)NC(C)C)cc2S(=O)(=O)OC(C)C)c(S(=O)(=O)OC(C)C)c1. The van der Waals surface area contributed by atoms with E-state index in [1.807, 2.05) is 13.8 Å². The Labute approximate surface area is 220 Å². The molecule has 2 aromatic rings. The predicted octanol–water partition coefficient (Wildman–Crippen LogP) is 5.09. The molecule has 2 aromatic carbocycles. The summed E-state index contributed by atoms with van der Waals surface area (Å²) in [5.41, 5.74) is 1.88. The Balaban J connectivity index is 2.58. The van der Waals surface area contributed by atoms with Crippen molar-refractivity contribution in [3.05, 3.63) is 53.1 Å². The van der Waals surface area contributed by atoms with E-state index in [1.165, 1.54) is 24.3 Å². The van der Waals surface area contributed by atoms with Crippen LogP contribution in [0.15, 0.2) is 46.2 Å². The third-order valence-electron chi connectivity index (χ3n) is 4.48. The molecular weight excluding hydrogens is 520 g/mol. The lowest BCUT2D eigenvalue weighted by Crippen LogP contribution is -2.33. The van der Waals surface area contributed by atoms with Gasteiger partial charge in [-0.15, -0.1) is 0 Å². The van der Waals surface area contributed by atoms with E-state index in [9.17, 15) is 16.8 Å². The van der Waals surface area contributed by atoms with Crippen LogP contribution in [0.5, 0.6) is 0 Å². The summed E-state index contributed by atoms with van der Waals surface area (Å²) < 4.78 is 62.1. The van der Waals surface area contributed by atoms with E-state index in [4.69, 9.17) is 20.6 Å². The molecule has 0 aromatic heterocycles. The second kappa shape index (κ2) is 12.3. The van der Waals surface area contributed by atoms with E-state index in [1.54, 1.807) is 58.9 Å². The number of thiocarbonyl (C=S) groups is 1. The summed E-state index contributed by atoms with van der Waals surface area (Å²) in [5, 5.41) is 6.36. The van der Waals surface area contributed by atoms with Crippen LogP contribution < -0.4 is 10.6 Å². The molecule has 0 saturated heterocycles. The van der Waals surface area contributed by atoms with Gasteiger partial charge in [0.1, 0.15) is 9.79 Å². The van der Waals surface area contributed by atoms with E-state index >= 15 is 0 Å². The second-order valence-corrected chi connectivity index (χ2v) is 12.6. The van der Waals surface area contributed by atoms with Crippen molar-refractivity contribution in [2.24, 2.45) is 0 Å². The molecule has 0 spiro atoms. The van der Waals surface area contributed by atoms with Gasteiger partial charge in [0.2, 0.25) is 0 Å². The zero-order valence-electron chi connectivity index (χ0n) is 21.5. The lowest BCUT2D eigenvalue weighted by Gasteiger charge is -2.16. The summed E-state index contributed by atoms with van der Waals surface area (Å²) in [7, 11) is -8.16. The van der Waals surface area contributed by atoms with Crippen molar-refractivity contribution in [2.75, 3.05) is 5.32 Å². The summed E-state index contributed by atoms with van der Waals surface area (Å²) in [6.45, 7) is 12.1. The molecule has 0 bridgehead atoms. The van der Waals surface area contributed by atoms with Gasteiger partial charge < -0.3 is 10.6 Å². The zero-order valence-corrected chi connectivity index (χ0v) is 24.0. The lowest BCUT2D eigenvalue weighted by molar-refractivity contribution is 0.248. The largest absolute Gasteiger partial charge is 0.360 e. The van der Waals surface area contributed by atoms with Gasteiger partial charge in [-0.1, -0.05) is 30.4 Å². The van der Waals surface area contributed by atoms with Gasteiger partial charge in [-0.05, 0) is 95.6 Å². The molecule has 0 unspecified atom stereocenters. The molecule has 0 fully saturated rings. The van der Waals surface area contributed by atoms with Gasteiger partial charge in [0.25, 0.3) is 20.2 Å². The van der Waals surface area contributed by atoms with Crippen LogP contribution in [0.25, 0.3) is 12.2 Å². The van der Waals surface area contributed by atoms with Crippen LogP contribution in [-0.4, -0.2) is 40.2 Å². The van der Waals surface area contributed by atoms with E-state index in [-0.39, 0.29) is 15.8 Å². The first-order chi connectivity index (χ1) is 16.6. The third kappa shape index (κ3) is 8.67. The summed E-state index contributed by atoms with van der Waals surface area (Å²) >= 11 is 5.27. The first-order valence-electron chi connectivity index (χ1n) is 11.5. The Morgan fingerprint density at radius 3 is 1.75 bits per heavy atom. The molecule has 0 amide bonds. The fraction of sp³-hybridized carbons (Fsp3) is 0.400. The molecule has 0 aliphatic rings. The van der Waals surface area contributed by atoms with Crippen molar-refractivity contribution in [2.45, 2.75) is 76.5 Å². The van der Waals surface area contributed by atoms with E-state index in [0.717, 1.165) is 5.56 Å². The topological polar surface area (TPSA) is 111 Å². The Kier molecular flexibility index (Phi) is 10.2. The molecule has 198 valence electrons. The maximum Gasteiger partial charge on any atom is 0.297 e. The number of benzene rings is 2. The quantitative estimate of drug-likeness (QED) is 0.236. The molecule has 0 aliphatic carbocycles. The van der Waals surface area contributed by atoms with Crippen LogP contribution in [0.2, 0.25) is 0 Å². The predicted molar refractivity (Wildman–Crippen MR) is 148 cm³/mol. The summed E-state index contributed by atoms with van der Waals surface area (Å²) in [6.07, 6.45) is 1.96. The molecule has 36 heavy (non-hydrogen) atoms. The maximum absolute atomic E-state index is 13.0. The highest BCUT2D eigenvalue weighted by Crippen LogP contribution is 2.28. The van der Waals surface area contributed by atoms with E-state index in [2.05, 4.69) is 10.6 Å². The molecule has 0 atom stereocenters. The molecular formula is C25H34N2O6S3. The molecule has 0 radical (unpaired) electrons. The van der Waals surface area contributed by atoms with Crippen molar-refractivity contribution in [3.8, 4) is 0 Å². The molecule has 0 aliphatic heterocycles. The van der Waals surface area contributed by atoms with Crippen molar-refractivity contribution in [3.63, 3.8) is 0 Å². The minimum Gasteiger partial charge on any atom is -0.360 e. The van der Waals surface area contributed by atoms with E-state index < -0.39 is 32.4 Å². The standard InChI is InChI=1S/C25H34N2O6S3/c1-16(2)26-25(34)27-22-13-12-21(24(15-22)36(30,31)33-18(5)6)11-10-20-9-8-19(7)14-23(20)35(28,29)32-17(3)4/h8-18H,1-7H3,(H2,26,27,34)/b11-10+. The normalized spacial score (nSPS) is 12.6. The van der Waals surface area contributed by atoms with E-state index in [0.29, 0.717) is 21.9 Å². The number of anilines is 1. The Bertz CT molecular complexity index is 1330. The monoisotopic (exact) mass is 554 g/mol. The number of hydrogen-bond acceptors (Lipinski definition) is 7. The van der Waals surface area contributed by atoms with Crippen molar-refractivity contribution >= 4 is 55.4 Å². The first kappa shape index (κ1) is 29.9. The molecule has 11 heteroatoms. The lowest BCUT2D eigenvalue weighted by atomic mass is 10.1. The third-order valence-corrected chi connectivity index (χ3v) is 7.76. The van der Waals surface area contributed by atoms with Crippen LogP contribution in [0, 0.1) is 6.92 Å². The van der Waals surface area contributed by atoms with Gasteiger partial charge in [0.05, 0.1) is 12.2 Å². The molecule has 2 N–H and O–H groups in total. The van der Waals surface area contributed by atoms with Crippen molar-refractivity contribution in [1.29, 1.82) is 0 Å². The minimum atomic E-state index is -4.13. The van der Waals surface area contributed by atoms with Gasteiger partial charge in [-0.3, -0.25) is 8.37 Å². The maximum atomic E-state index is 13.0. The average molecular weight is 555 g/mol. The Hall–Kier alpha value is -2.31. The van der Waals surface area contributed by atoms with Crippen LogP contribution in [0.3, 0.4) is 0 Å². The highest BCUT2D eigenvalue weighted by Gasteiger charge is 2.23. The summed E-state index contributed by atoms with van der Waals surface area (Å²) in [4.78, 5) is -0.0848. The minimum absolute atomic E-state index is 0.00122. The summed E-state index contributed by atoms with van der Waals surface area (Å²) in [6, 6.07) is 9.74. The van der Waals surface area contributed by atoms with Crippen LogP contribution in [0.1, 0.15) is 58.2 Å². The van der Waals surface area contributed by atoms with Gasteiger partial charge in [0, 0.05) is 11.7 Å². The average Bonchev–Trinajstić information content (AvgIpc) is 2.71. The molecule has 2 rings (SSSR count). The van der Waals surface area contributed by atoms with Gasteiger partial charge in [0.15, 0.2) is 5.11 Å². The number of nitrogens with one attached hydrogen (secondary N) is 2. The summed E-state index contributed by atoms with van der Waals surface area (Å²) in [5.74, 6) is 0. The Morgan fingerprint density at radius 1 is 0.806 bits per heavy atom. The highest BCUT2D eigenvalue weighted by molar-refractivity contribution is 7.87. The number of hydrogen-bond donors (Lipinski definition) is 2. The van der Waals surface area contributed by atoms with Crippen LogP contribution in [0.4, 0.5) is 5.69 Å². The highest BCUT2D eigenvalue weighted by atomic mass is 32.2. The molecule has 0 heterocycles. The fourth-order valence-electron chi connectivity index (χ4n) is 3.18. The smallest absolute Gasteiger partial charge is 0.297 e. The van der Waals surface area contributed by atoms with Gasteiger partial charge in [-0.25, -0.2) is 0 Å². The van der Waals surface area contributed by atoms with Crippen LogP contribution in [-0.2, 0) is 28.6 Å². The van der Waals surface area contributed by atoms with Gasteiger partial charge >= 0.3 is 0 Å². The first-order valence-corrected chi connectivity index (χ1v) is 14.7. The number of rotatable bonds is 10.